The average molecular weight is 634 g/mol. The van der Waals surface area contributed by atoms with Gasteiger partial charge in [-0.25, -0.2) is 9.13 Å². The summed E-state index contributed by atoms with van der Waals surface area (Å²) in [4.78, 5) is 12.3. The summed E-state index contributed by atoms with van der Waals surface area (Å²) in [6, 6.07) is 17.6. The Bertz CT molecular complexity index is 1380. The summed E-state index contributed by atoms with van der Waals surface area (Å²) in [6.07, 6.45) is 5.68. The van der Waals surface area contributed by atoms with Crippen LogP contribution in [0.4, 0.5) is 5.69 Å². The summed E-state index contributed by atoms with van der Waals surface area (Å²) in [6.45, 7) is 1.27. The van der Waals surface area contributed by atoms with Crippen molar-refractivity contribution in [2.24, 2.45) is 0 Å². The molecule has 200 valence electrons. The number of carbonyl (C=O) groups excluding carboxylic acids is 1. The standard InChI is InChI=1S/C27H22Cl5N3O2.ClH/c28-19-3-6-22(7-4-19)33-27(36)9-10-34-11-12-35(17-34)15-26(23-8-5-21(30)14-25(23)32)37-16-18-1-2-20(29)13-24(18)31;/h1-8,11-14,17,26H,9-10,15-16H2;1H. The number of halogens is 6. The molecule has 0 saturated carbocycles. The van der Waals surface area contributed by atoms with Crippen molar-refractivity contribution in [3.63, 3.8) is 0 Å². The number of nitrogens with one attached hydrogen (secondary N) is 1. The monoisotopic (exact) mass is 631 g/mol. The van der Waals surface area contributed by atoms with Crippen molar-refractivity contribution in [3.05, 3.63) is 116 Å². The van der Waals surface area contributed by atoms with Crippen molar-refractivity contribution < 1.29 is 26.5 Å². The quantitative estimate of drug-likeness (QED) is 0.249. The van der Waals surface area contributed by atoms with Crippen molar-refractivity contribution in [2.45, 2.75) is 32.2 Å². The Kier molecular flexibility index (Phi) is 11.6. The van der Waals surface area contributed by atoms with E-state index in [1.807, 2.05) is 40.0 Å². The molecular formula is C27H23Cl6N3O2. The first-order chi connectivity index (χ1) is 17.8. The van der Waals surface area contributed by atoms with Crippen LogP contribution in [-0.2, 0) is 29.2 Å². The number of hydrogen-bond acceptors (Lipinski definition) is 2. The predicted molar refractivity (Wildman–Crippen MR) is 150 cm³/mol. The fourth-order valence-electron chi connectivity index (χ4n) is 3.69. The highest BCUT2D eigenvalue weighted by molar-refractivity contribution is 6.35. The normalized spacial score (nSPS) is 11.6. The van der Waals surface area contributed by atoms with Crippen LogP contribution in [0.3, 0.4) is 0 Å². The molecule has 1 unspecified atom stereocenters. The van der Waals surface area contributed by atoms with Crippen molar-refractivity contribution in [3.8, 4) is 0 Å². The maximum absolute atomic E-state index is 12.3. The third-order valence-electron chi connectivity index (χ3n) is 5.61. The Hall–Kier alpha value is -1.96. The first kappa shape index (κ1) is 30.6. The largest absolute Gasteiger partial charge is 1.00 e. The number of aromatic nitrogens is 2. The highest BCUT2D eigenvalue weighted by atomic mass is 35.5. The van der Waals surface area contributed by atoms with Gasteiger partial charge in [-0.1, -0.05) is 70.1 Å². The Labute approximate surface area is 252 Å². The Morgan fingerprint density at radius 3 is 2.24 bits per heavy atom. The van der Waals surface area contributed by atoms with Gasteiger partial charge in [0.1, 0.15) is 25.0 Å². The number of aryl methyl sites for hydroxylation is 1. The van der Waals surface area contributed by atoms with Gasteiger partial charge in [0.05, 0.1) is 19.6 Å². The van der Waals surface area contributed by atoms with Gasteiger partial charge in [0.25, 0.3) is 0 Å². The number of hydrogen-bond donors (Lipinski definition) is 1. The van der Waals surface area contributed by atoms with Crippen LogP contribution in [-0.4, -0.2) is 10.5 Å². The maximum atomic E-state index is 12.3. The molecule has 1 aromatic heterocycles. The molecule has 1 N–H and O–H groups in total. The van der Waals surface area contributed by atoms with Crippen LogP contribution in [0.25, 0.3) is 0 Å². The number of anilines is 1. The Morgan fingerprint density at radius 2 is 1.55 bits per heavy atom. The van der Waals surface area contributed by atoms with E-state index >= 15 is 0 Å². The van der Waals surface area contributed by atoms with Crippen LogP contribution >= 0.6 is 58.0 Å². The van der Waals surface area contributed by atoms with E-state index in [0.29, 0.717) is 50.3 Å². The summed E-state index contributed by atoms with van der Waals surface area (Å²) < 4.78 is 10.2. The highest BCUT2D eigenvalue weighted by Crippen LogP contribution is 2.31. The molecule has 4 rings (SSSR count). The van der Waals surface area contributed by atoms with Gasteiger partial charge in [0.2, 0.25) is 12.2 Å². The number of benzene rings is 3. The van der Waals surface area contributed by atoms with E-state index in [0.717, 1.165) is 11.1 Å². The van der Waals surface area contributed by atoms with Gasteiger partial charge in [-0.05, 0) is 54.1 Å². The fraction of sp³-hybridized carbons (Fsp3) is 0.185. The van der Waals surface area contributed by atoms with Gasteiger partial charge >= 0.3 is 0 Å². The van der Waals surface area contributed by atoms with E-state index in [-0.39, 0.29) is 31.0 Å². The van der Waals surface area contributed by atoms with Gasteiger partial charge in [-0.15, -0.1) is 0 Å². The summed E-state index contributed by atoms with van der Waals surface area (Å²) >= 11 is 30.9. The molecular weight excluding hydrogens is 611 g/mol. The van der Waals surface area contributed by atoms with Crippen molar-refractivity contribution in [1.82, 2.24) is 4.57 Å². The number of amides is 1. The topological polar surface area (TPSA) is 47.1 Å². The second-order valence-electron chi connectivity index (χ2n) is 8.35. The van der Waals surface area contributed by atoms with E-state index in [1.54, 1.807) is 48.5 Å². The molecule has 1 heterocycles. The van der Waals surface area contributed by atoms with E-state index in [2.05, 4.69) is 5.32 Å². The SMILES string of the molecule is O=C(CC[n+]1ccn(CC(OCc2ccc(Cl)cc2Cl)c2ccc(Cl)cc2Cl)c1)Nc1ccc(Cl)cc1.[Cl-]. The number of imidazole rings is 1. The zero-order chi connectivity index (χ0) is 26.4. The van der Waals surface area contributed by atoms with Crippen molar-refractivity contribution in [2.75, 3.05) is 5.32 Å². The first-order valence-electron chi connectivity index (χ1n) is 11.4. The molecule has 0 spiro atoms. The summed E-state index contributed by atoms with van der Waals surface area (Å²) in [5.41, 5.74) is 2.33. The zero-order valence-corrected chi connectivity index (χ0v) is 24.4. The van der Waals surface area contributed by atoms with Gasteiger partial charge in [0, 0.05) is 36.4 Å². The number of rotatable bonds is 10. The first-order valence-corrected chi connectivity index (χ1v) is 13.3. The molecule has 5 nitrogen and oxygen atoms in total. The third kappa shape index (κ3) is 8.78. The summed E-state index contributed by atoms with van der Waals surface area (Å²) in [7, 11) is 0. The molecule has 0 bridgehead atoms. The predicted octanol–water partition coefficient (Wildman–Crippen LogP) is 5.03. The van der Waals surface area contributed by atoms with E-state index in [9.17, 15) is 4.79 Å². The Morgan fingerprint density at radius 1 is 0.895 bits per heavy atom. The number of nitrogens with zero attached hydrogens (tertiary/aromatic N) is 2. The lowest BCUT2D eigenvalue weighted by molar-refractivity contribution is -0.695. The molecule has 0 fully saturated rings. The highest BCUT2D eigenvalue weighted by Gasteiger charge is 2.21. The molecule has 0 radical (unpaired) electrons. The molecule has 0 aliphatic rings. The average Bonchev–Trinajstić information content (AvgIpc) is 3.30. The molecule has 0 aliphatic heterocycles. The second kappa shape index (κ2) is 14.4. The lowest BCUT2D eigenvalue weighted by Gasteiger charge is -2.19. The van der Waals surface area contributed by atoms with E-state index < -0.39 is 0 Å². The minimum absolute atomic E-state index is 0. The van der Waals surface area contributed by atoms with Crippen LogP contribution in [0, 0.1) is 0 Å². The van der Waals surface area contributed by atoms with Crippen LogP contribution < -0.4 is 22.3 Å². The number of carbonyl (C=O) groups is 1. The van der Waals surface area contributed by atoms with Crippen molar-refractivity contribution >= 4 is 69.6 Å². The lowest BCUT2D eigenvalue weighted by Crippen LogP contribution is -3.00. The summed E-state index contributed by atoms with van der Waals surface area (Å²) in [5, 5.41) is 5.64. The van der Waals surface area contributed by atoms with E-state index in [1.165, 1.54) is 0 Å². The molecule has 1 atom stereocenters. The van der Waals surface area contributed by atoms with E-state index in [4.69, 9.17) is 62.7 Å². The zero-order valence-electron chi connectivity index (χ0n) is 19.9. The smallest absolute Gasteiger partial charge is 0.243 e. The fourth-order valence-corrected chi connectivity index (χ4v) is 4.81. The summed E-state index contributed by atoms with van der Waals surface area (Å²) in [5.74, 6) is -0.0865. The lowest BCUT2D eigenvalue weighted by atomic mass is 10.1. The van der Waals surface area contributed by atoms with Crippen molar-refractivity contribution in [1.29, 1.82) is 0 Å². The molecule has 1 amide bonds. The molecule has 4 aromatic rings. The van der Waals surface area contributed by atoms with Gasteiger partial charge in [0.15, 0.2) is 0 Å². The second-order valence-corrected chi connectivity index (χ2v) is 10.5. The molecule has 0 saturated heterocycles. The van der Waals surface area contributed by atoms with Crippen LogP contribution in [0.5, 0.6) is 0 Å². The van der Waals surface area contributed by atoms with Gasteiger partial charge in [-0.3, -0.25) is 4.79 Å². The number of ether oxygens (including phenoxy) is 1. The molecule has 0 aliphatic carbocycles. The van der Waals surface area contributed by atoms with Crippen LogP contribution in [0.15, 0.2) is 79.4 Å². The van der Waals surface area contributed by atoms with Gasteiger partial charge in [-0.2, -0.15) is 0 Å². The molecule has 3 aromatic carbocycles. The molecule has 38 heavy (non-hydrogen) atoms. The Balaban J connectivity index is 0.00000400. The minimum atomic E-state index is -0.384. The van der Waals surface area contributed by atoms with Crippen LogP contribution in [0.1, 0.15) is 23.7 Å². The van der Waals surface area contributed by atoms with Gasteiger partial charge < -0.3 is 22.5 Å². The van der Waals surface area contributed by atoms with Crippen LogP contribution in [0.2, 0.25) is 25.1 Å². The molecule has 11 heteroatoms. The maximum Gasteiger partial charge on any atom is 0.243 e. The third-order valence-corrected chi connectivity index (χ3v) is 7.01. The minimum Gasteiger partial charge on any atom is -1.00 e.